The predicted octanol–water partition coefficient (Wildman–Crippen LogP) is 2.52. The third kappa shape index (κ3) is 5.17. The van der Waals surface area contributed by atoms with Crippen LogP contribution in [-0.2, 0) is 27.4 Å². The van der Waals surface area contributed by atoms with Gasteiger partial charge in [-0.05, 0) is 42.8 Å². The summed E-state index contributed by atoms with van der Waals surface area (Å²) in [6.07, 6.45) is 3.04. The van der Waals surface area contributed by atoms with Crippen molar-refractivity contribution in [3.8, 4) is 11.8 Å². The maximum Gasteiger partial charge on any atom is 0.333 e. The van der Waals surface area contributed by atoms with Crippen molar-refractivity contribution in [2.45, 2.75) is 20.1 Å². The van der Waals surface area contributed by atoms with Gasteiger partial charge in [-0.15, -0.1) is 11.3 Å². The second kappa shape index (κ2) is 10.0. The molecule has 0 aliphatic carbocycles. The van der Waals surface area contributed by atoms with Crippen molar-refractivity contribution < 1.29 is 19.0 Å². The number of nitrogens with zero attached hydrogens (tertiary/aromatic N) is 2. The minimum Gasteiger partial charge on any atom is -0.467 e. The van der Waals surface area contributed by atoms with E-state index >= 15 is 0 Å². The van der Waals surface area contributed by atoms with Crippen LogP contribution >= 0.6 is 22.9 Å². The molecule has 3 aromatic rings. The summed E-state index contributed by atoms with van der Waals surface area (Å²) in [5, 5.41) is 9.49. The van der Waals surface area contributed by atoms with Gasteiger partial charge in [0.25, 0.3) is 5.56 Å². The molecule has 0 radical (unpaired) electrons. The smallest absolute Gasteiger partial charge is 0.333 e. The summed E-state index contributed by atoms with van der Waals surface area (Å²) in [6.45, 7) is 2.57. The molecule has 2 heterocycles. The van der Waals surface area contributed by atoms with Crippen LogP contribution in [-0.4, -0.2) is 23.9 Å². The summed E-state index contributed by atoms with van der Waals surface area (Å²) < 4.78 is 18.4. The summed E-state index contributed by atoms with van der Waals surface area (Å²) in [7, 11) is 0. The monoisotopic (exact) mass is 482 g/mol. The molecule has 0 spiro atoms. The number of esters is 1. The van der Waals surface area contributed by atoms with Crippen molar-refractivity contribution in [3.05, 3.63) is 83.2 Å². The highest BCUT2D eigenvalue weighted by Crippen LogP contribution is 2.31. The van der Waals surface area contributed by atoms with Crippen molar-refractivity contribution >= 4 is 41.1 Å². The van der Waals surface area contributed by atoms with E-state index in [0.717, 1.165) is 11.1 Å². The van der Waals surface area contributed by atoms with Gasteiger partial charge < -0.3 is 14.2 Å². The molecule has 1 aromatic heterocycles. The lowest BCUT2D eigenvalue weighted by Gasteiger charge is -2.21. The molecule has 0 fully saturated rings. The number of halogens is 1. The Balaban J connectivity index is 1.84. The van der Waals surface area contributed by atoms with Gasteiger partial charge in [-0.2, -0.15) is 5.26 Å². The van der Waals surface area contributed by atoms with E-state index in [1.807, 2.05) is 0 Å². The van der Waals surface area contributed by atoms with Gasteiger partial charge in [0.05, 0.1) is 42.0 Å². The number of aromatic nitrogens is 1. The number of benzene rings is 2. The molecular weight excluding hydrogens is 464 g/mol. The van der Waals surface area contributed by atoms with E-state index in [2.05, 4.69) is 6.07 Å². The van der Waals surface area contributed by atoms with Gasteiger partial charge in [-0.3, -0.25) is 9.36 Å². The first-order valence-corrected chi connectivity index (χ1v) is 11.3. The van der Waals surface area contributed by atoms with Crippen molar-refractivity contribution in [1.29, 1.82) is 5.26 Å². The summed E-state index contributed by atoms with van der Waals surface area (Å²) >= 11 is 7.46. The largest absolute Gasteiger partial charge is 0.467 e. The van der Waals surface area contributed by atoms with E-state index in [4.69, 9.17) is 31.1 Å². The quantitative estimate of drug-likeness (QED) is 0.519. The Labute approximate surface area is 198 Å². The second-order valence-corrected chi connectivity index (χ2v) is 8.63. The molecule has 0 amide bonds. The Morgan fingerprint density at radius 2 is 2.12 bits per heavy atom. The number of carbonyl (C=O) groups is 1. The van der Waals surface area contributed by atoms with Crippen LogP contribution in [0, 0.1) is 11.3 Å². The van der Waals surface area contributed by atoms with Crippen LogP contribution < -0.4 is 19.5 Å². The third-order valence-corrected chi connectivity index (χ3v) is 6.16. The predicted molar refractivity (Wildman–Crippen MR) is 124 cm³/mol. The Morgan fingerprint density at radius 3 is 2.85 bits per heavy atom. The number of hydrogen-bond donors (Lipinski definition) is 0. The molecule has 0 saturated heterocycles. The summed E-state index contributed by atoms with van der Waals surface area (Å²) in [4.78, 5) is 25.5. The normalized spacial score (nSPS) is 13.8. The molecule has 7 nitrogen and oxygen atoms in total. The van der Waals surface area contributed by atoms with Gasteiger partial charge >= 0.3 is 5.97 Å². The maximum absolute atomic E-state index is 13.3. The third-order valence-electron chi connectivity index (χ3n) is 4.88. The van der Waals surface area contributed by atoms with Gasteiger partial charge in [-0.1, -0.05) is 23.7 Å². The van der Waals surface area contributed by atoms with E-state index in [1.54, 1.807) is 49.4 Å². The Kier molecular flexibility index (Phi) is 6.94. The topological polar surface area (TPSA) is 90.6 Å². The Bertz CT molecular complexity index is 1420. The van der Waals surface area contributed by atoms with Gasteiger partial charge in [0.1, 0.15) is 10.4 Å². The maximum atomic E-state index is 13.3. The average Bonchev–Trinajstić information content (AvgIpc) is 3.08. The van der Waals surface area contributed by atoms with Crippen LogP contribution in [0.25, 0.3) is 12.2 Å². The lowest BCUT2D eigenvalue weighted by Crippen LogP contribution is -2.32. The SMILES string of the molecule is CCOC(=O)C=c1sc(=Cc2ccc(C#N)cc2)c(=O)n1Cc1cc(Cl)cc2c1OCOC2. The second-order valence-electron chi connectivity index (χ2n) is 7.13. The number of thiazole rings is 1. The molecule has 0 saturated carbocycles. The molecule has 33 heavy (non-hydrogen) atoms. The molecular formula is C24H19ClN2O5S. The van der Waals surface area contributed by atoms with Crippen LogP contribution in [0.4, 0.5) is 0 Å². The first-order valence-electron chi connectivity index (χ1n) is 10.1. The van der Waals surface area contributed by atoms with Gasteiger partial charge in [0, 0.05) is 16.1 Å². The molecule has 1 aliphatic rings. The highest BCUT2D eigenvalue weighted by Gasteiger charge is 2.18. The summed E-state index contributed by atoms with van der Waals surface area (Å²) in [5.41, 5.74) is 2.54. The van der Waals surface area contributed by atoms with Crippen molar-refractivity contribution in [2.24, 2.45) is 0 Å². The Morgan fingerprint density at radius 1 is 1.33 bits per heavy atom. The van der Waals surface area contributed by atoms with Crippen LogP contribution in [0.1, 0.15) is 29.2 Å². The molecule has 0 bridgehead atoms. The van der Waals surface area contributed by atoms with Gasteiger partial charge in [-0.25, -0.2) is 4.79 Å². The first kappa shape index (κ1) is 22.8. The van der Waals surface area contributed by atoms with Crippen LogP contribution in [0.2, 0.25) is 5.02 Å². The number of ether oxygens (including phenoxy) is 3. The zero-order valence-corrected chi connectivity index (χ0v) is 19.2. The van der Waals surface area contributed by atoms with Crippen LogP contribution in [0.3, 0.4) is 0 Å². The number of hydrogen-bond acceptors (Lipinski definition) is 7. The molecule has 168 valence electrons. The zero-order valence-electron chi connectivity index (χ0n) is 17.7. The first-order chi connectivity index (χ1) is 16.0. The summed E-state index contributed by atoms with van der Waals surface area (Å²) in [6, 6.07) is 12.5. The minimum atomic E-state index is -0.532. The van der Waals surface area contributed by atoms with E-state index < -0.39 is 5.97 Å². The van der Waals surface area contributed by atoms with Gasteiger partial charge in [0.15, 0.2) is 6.79 Å². The molecule has 0 N–H and O–H groups in total. The molecule has 4 rings (SSSR count). The number of fused-ring (bicyclic) bond motifs is 1. The highest BCUT2D eigenvalue weighted by molar-refractivity contribution is 7.07. The summed E-state index contributed by atoms with van der Waals surface area (Å²) in [5.74, 6) is 0.0960. The molecule has 2 aromatic carbocycles. The van der Waals surface area contributed by atoms with Crippen LogP contribution in [0.15, 0.2) is 41.2 Å². The van der Waals surface area contributed by atoms with E-state index in [9.17, 15) is 9.59 Å². The van der Waals surface area contributed by atoms with Crippen LogP contribution in [0.5, 0.6) is 5.75 Å². The fraction of sp³-hybridized carbons (Fsp3) is 0.208. The van der Waals surface area contributed by atoms with Gasteiger partial charge in [0.2, 0.25) is 0 Å². The molecule has 1 aliphatic heterocycles. The zero-order chi connectivity index (χ0) is 23.4. The average molecular weight is 483 g/mol. The molecule has 9 heteroatoms. The number of carbonyl (C=O) groups excluding carboxylic acids is 1. The van der Waals surface area contributed by atoms with Crippen molar-refractivity contribution in [3.63, 3.8) is 0 Å². The van der Waals surface area contributed by atoms with Crippen molar-refractivity contribution in [2.75, 3.05) is 13.4 Å². The lowest BCUT2D eigenvalue weighted by atomic mass is 10.1. The molecule has 0 atom stereocenters. The highest BCUT2D eigenvalue weighted by atomic mass is 35.5. The fourth-order valence-electron chi connectivity index (χ4n) is 3.43. The van der Waals surface area contributed by atoms with E-state index in [-0.39, 0.29) is 25.5 Å². The number of rotatable bonds is 5. The lowest BCUT2D eigenvalue weighted by molar-refractivity contribution is -0.135. The molecule has 0 unspecified atom stereocenters. The standard InChI is InChI=1S/C24H19ClN2O5S/c1-2-31-22(28)10-21-27(12-17-8-19(25)9-18-13-30-14-32-23(17)18)24(29)20(33-21)7-15-3-5-16(11-26)6-4-15/h3-10H,2,12-14H2,1H3. The van der Waals surface area contributed by atoms with Crippen molar-refractivity contribution in [1.82, 2.24) is 4.57 Å². The fourth-order valence-corrected chi connectivity index (χ4v) is 4.72. The minimum absolute atomic E-state index is 0.111. The van der Waals surface area contributed by atoms with E-state index in [0.29, 0.717) is 37.7 Å². The Hall–Kier alpha value is -3.38. The van der Waals surface area contributed by atoms with E-state index in [1.165, 1.54) is 22.0 Å². The number of nitriles is 1.